The molecule has 0 heterocycles. The van der Waals surface area contributed by atoms with E-state index < -0.39 is 17.5 Å². The number of phenolic OH excluding ortho intramolecular Hbond substituents is 1. The SMILES string of the molecule is COc1cc(OC)c(C(=O)C2C(OCc3ccc(N)cc3)=CC(=O)CC2C)c(O)c1Cl. The Morgan fingerprint density at radius 1 is 1.19 bits per heavy atom. The number of ketones is 2. The largest absolute Gasteiger partial charge is 0.505 e. The molecule has 1 aliphatic rings. The van der Waals surface area contributed by atoms with Gasteiger partial charge in [-0.1, -0.05) is 30.7 Å². The molecule has 3 rings (SSSR count). The molecular weight excluding hydrogens is 422 g/mol. The molecule has 0 amide bonds. The number of benzene rings is 2. The Morgan fingerprint density at radius 3 is 2.45 bits per heavy atom. The molecule has 8 heteroatoms. The van der Waals surface area contributed by atoms with Crippen LogP contribution in [0.25, 0.3) is 0 Å². The minimum absolute atomic E-state index is 0.0820. The topological polar surface area (TPSA) is 108 Å². The Balaban J connectivity index is 1.97. The van der Waals surface area contributed by atoms with Crippen LogP contribution in [0.2, 0.25) is 5.02 Å². The first-order chi connectivity index (χ1) is 14.8. The molecule has 164 valence electrons. The van der Waals surface area contributed by atoms with Gasteiger partial charge in [0, 0.05) is 24.3 Å². The fourth-order valence-corrected chi connectivity index (χ4v) is 3.85. The minimum Gasteiger partial charge on any atom is -0.505 e. The van der Waals surface area contributed by atoms with Crippen molar-refractivity contribution in [2.24, 2.45) is 11.8 Å². The summed E-state index contributed by atoms with van der Waals surface area (Å²) in [5, 5.41) is 10.5. The normalized spacial score (nSPS) is 18.3. The van der Waals surface area contributed by atoms with Gasteiger partial charge in [-0.25, -0.2) is 0 Å². The molecule has 7 nitrogen and oxygen atoms in total. The van der Waals surface area contributed by atoms with E-state index >= 15 is 0 Å². The van der Waals surface area contributed by atoms with Gasteiger partial charge in [0.15, 0.2) is 17.3 Å². The number of aromatic hydroxyl groups is 1. The van der Waals surface area contributed by atoms with Gasteiger partial charge < -0.3 is 25.1 Å². The van der Waals surface area contributed by atoms with E-state index in [1.807, 2.05) is 0 Å². The standard InChI is InChI=1S/C23H24ClNO6/c1-12-8-15(26)9-17(31-11-13-4-6-14(25)7-5-13)19(12)22(27)20-16(29-2)10-18(30-3)21(24)23(20)28/h4-7,9-10,12,19,28H,8,11,25H2,1-3H3. The van der Waals surface area contributed by atoms with Gasteiger partial charge in [0.25, 0.3) is 0 Å². The highest BCUT2D eigenvalue weighted by Gasteiger charge is 2.39. The average Bonchev–Trinajstić information content (AvgIpc) is 2.74. The molecule has 0 radical (unpaired) electrons. The van der Waals surface area contributed by atoms with Crippen molar-refractivity contribution in [2.75, 3.05) is 20.0 Å². The average molecular weight is 446 g/mol. The molecular formula is C23H24ClNO6. The van der Waals surface area contributed by atoms with E-state index in [0.717, 1.165) is 5.56 Å². The summed E-state index contributed by atoms with van der Waals surface area (Å²) >= 11 is 6.17. The lowest BCUT2D eigenvalue weighted by atomic mass is 9.78. The summed E-state index contributed by atoms with van der Waals surface area (Å²) in [6.07, 6.45) is 1.52. The zero-order valence-corrected chi connectivity index (χ0v) is 18.2. The number of carbonyl (C=O) groups is 2. The lowest BCUT2D eigenvalue weighted by molar-refractivity contribution is -0.116. The van der Waals surface area contributed by atoms with E-state index in [2.05, 4.69) is 0 Å². The Labute approximate surface area is 185 Å². The van der Waals surface area contributed by atoms with E-state index in [0.29, 0.717) is 5.69 Å². The number of hydrogen-bond donors (Lipinski definition) is 2. The van der Waals surface area contributed by atoms with Gasteiger partial charge in [-0.2, -0.15) is 0 Å². The van der Waals surface area contributed by atoms with Crippen molar-refractivity contribution in [1.29, 1.82) is 0 Å². The lowest BCUT2D eigenvalue weighted by Crippen LogP contribution is -2.31. The fraction of sp³-hybridized carbons (Fsp3) is 0.304. The summed E-state index contributed by atoms with van der Waals surface area (Å²) in [6.45, 7) is 1.94. The number of methoxy groups -OCH3 is 2. The molecule has 0 spiro atoms. The van der Waals surface area contributed by atoms with Crippen LogP contribution in [0.3, 0.4) is 0 Å². The number of halogens is 1. The summed E-state index contributed by atoms with van der Waals surface area (Å²) in [5.74, 6) is -1.65. The molecule has 0 saturated carbocycles. The molecule has 31 heavy (non-hydrogen) atoms. The zero-order chi connectivity index (χ0) is 22.7. The smallest absolute Gasteiger partial charge is 0.181 e. The van der Waals surface area contributed by atoms with Crippen molar-refractivity contribution in [3.05, 3.63) is 58.3 Å². The number of phenols is 1. The first-order valence-electron chi connectivity index (χ1n) is 9.66. The van der Waals surface area contributed by atoms with Crippen molar-refractivity contribution >= 4 is 28.9 Å². The third kappa shape index (κ3) is 4.61. The number of Topliss-reactive ketones (excluding diaryl/α,β-unsaturated/α-hetero) is 1. The highest BCUT2D eigenvalue weighted by Crippen LogP contribution is 2.45. The summed E-state index contributed by atoms with van der Waals surface area (Å²) in [7, 11) is 2.77. The van der Waals surface area contributed by atoms with Gasteiger partial charge in [0.05, 0.1) is 20.1 Å². The number of ether oxygens (including phenoxy) is 3. The fourth-order valence-electron chi connectivity index (χ4n) is 3.62. The maximum Gasteiger partial charge on any atom is 0.181 e. The molecule has 0 fully saturated rings. The third-order valence-corrected chi connectivity index (χ3v) is 5.59. The molecule has 0 aromatic heterocycles. The number of anilines is 1. The van der Waals surface area contributed by atoms with Gasteiger partial charge in [0.2, 0.25) is 0 Å². The third-order valence-electron chi connectivity index (χ3n) is 5.23. The maximum absolute atomic E-state index is 13.5. The van der Waals surface area contributed by atoms with Crippen LogP contribution in [0.5, 0.6) is 17.2 Å². The van der Waals surface area contributed by atoms with E-state index in [4.69, 9.17) is 31.5 Å². The summed E-state index contributed by atoms with van der Waals surface area (Å²) in [5.41, 5.74) is 7.08. The molecule has 0 bridgehead atoms. The van der Waals surface area contributed by atoms with Crippen molar-refractivity contribution in [3.63, 3.8) is 0 Å². The predicted octanol–water partition coefficient (Wildman–Crippen LogP) is 4.15. The molecule has 2 aromatic carbocycles. The minimum atomic E-state index is -0.796. The van der Waals surface area contributed by atoms with E-state index in [9.17, 15) is 14.7 Å². The van der Waals surface area contributed by atoms with Crippen LogP contribution >= 0.6 is 11.6 Å². The van der Waals surface area contributed by atoms with Crippen LogP contribution in [0.1, 0.15) is 29.3 Å². The van der Waals surface area contributed by atoms with Crippen LogP contribution in [0.4, 0.5) is 5.69 Å². The molecule has 2 unspecified atom stereocenters. The van der Waals surface area contributed by atoms with Crippen molar-refractivity contribution in [2.45, 2.75) is 20.0 Å². The number of allylic oxidation sites excluding steroid dienone is 2. The Bertz CT molecular complexity index is 1030. The first-order valence-corrected chi connectivity index (χ1v) is 10.0. The summed E-state index contributed by atoms with van der Waals surface area (Å²) in [6, 6.07) is 8.53. The van der Waals surface area contributed by atoms with Gasteiger partial charge in [-0.05, 0) is 23.6 Å². The van der Waals surface area contributed by atoms with E-state index in [1.165, 1.54) is 26.4 Å². The van der Waals surface area contributed by atoms with Crippen LogP contribution in [-0.4, -0.2) is 30.9 Å². The molecule has 1 aliphatic carbocycles. The van der Waals surface area contributed by atoms with Gasteiger partial charge in [-0.15, -0.1) is 0 Å². The summed E-state index contributed by atoms with van der Waals surface area (Å²) in [4.78, 5) is 25.7. The van der Waals surface area contributed by atoms with Gasteiger partial charge in [0.1, 0.15) is 34.5 Å². The zero-order valence-electron chi connectivity index (χ0n) is 17.5. The second-order valence-electron chi connectivity index (χ2n) is 7.39. The number of hydrogen-bond acceptors (Lipinski definition) is 7. The Kier molecular flexibility index (Phi) is 6.75. The summed E-state index contributed by atoms with van der Waals surface area (Å²) < 4.78 is 16.3. The van der Waals surface area contributed by atoms with Gasteiger partial charge in [-0.3, -0.25) is 9.59 Å². The second kappa shape index (κ2) is 9.31. The van der Waals surface area contributed by atoms with Crippen LogP contribution in [-0.2, 0) is 16.1 Å². The monoisotopic (exact) mass is 445 g/mol. The number of rotatable bonds is 7. The number of nitrogen functional groups attached to an aromatic ring is 1. The number of nitrogens with two attached hydrogens (primary N) is 1. The quantitative estimate of drug-likeness (QED) is 0.486. The number of carbonyl (C=O) groups excluding carboxylic acids is 2. The van der Waals surface area contributed by atoms with Crippen molar-refractivity contribution < 1.29 is 28.9 Å². The highest BCUT2D eigenvalue weighted by atomic mass is 35.5. The molecule has 2 aromatic rings. The van der Waals surface area contributed by atoms with Gasteiger partial charge >= 0.3 is 0 Å². The van der Waals surface area contributed by atoms with E-state index in [-0.39, 0.29) is 52.6 Å². The lowest BCUT2D eigenvalue weighted by Gasteiger charge is -2.29. The molecule has 2 atom stereocenters. The Morgan fingerprint density at radius 2 is 1.84 bits per heavy atom. The molecule has 0 saturated heterocycles. The molecule has 0 aliphatic heterocycles. The second-order valence-corrected chi connectivity index (χ2v) is 7.76. The van der Waals surface area contributed by atoms with E-state index in [1.54, 1.807) is 31.2 Å². The van der Waals surface area contributed by atoms with Crippen LogP contribution in [0, 0.1) is 11.8 Å². The van der Waals surface area contributed by atoms with Crippen LogP contribution < -0.4 is 15.2 Å². The first kappa shape index (κ1) is 22.5. The Hall–Kier alpha value is -3.19. The van der Waals surface area contributed by atoms with Crippen molar-refractivity contribution in [1.82, 2.24) is 0 Å². The van der Waals surface area contributed by atoms with Crippen molar-refractivity contribution in [3.8, 4) is 17.2 Å². The van der Waals surface area contributed by atoms with Crippen LogP contribution in [0.15, 0.2) is 42.2 Å². The maximum atomic E-state index is 13.5. The predicted molar refractivity (Wildman–Crippen MR) is 117 cm³/mol. The molecule has 3 N–H and O–H groups in total. The highest BCUT2D eigenvalue weighted by molar-refractivity contribution is 6.34.